The summed E-state index contributed by atoms with van der Waals surface area (Å²) < 4.78 is 21.7. The molecule has 1 fully saturated rings. The van der Waals surface area contributed by atoms with Crippen molar-refractivity contribution in [2.24, 2.45) is 0 Å². The summed E-state index contributed by atoms with van der Waals surface area (Å²) in [6.07, 6.45) is -0.763. The van der Waals surface area contributed by atoms with E-state index in [9.17, 15) is 24.6 Å². The maximum Gasteiger partial charge on any atom is 0.191 e. The Labute approximate surface area is 170 Å². The van der Waals surface area contributed by atoms with Crippen LogP contribution in [0.1, 0.15) is 32.4 Å². The van der Waals surface area contributed by atoms with Gasteiger partial charge in [0.25, 0.3) is 0 Å². The summed E-state index contributed by atoms with van der Waals surface area (Å²) >= 11 is 1.44. The lowest BCUT2D eigenvalue weighted by atomic mass is 10.1. The van der Waals surface area contributed by atoms with Crippen molar-refractivity contribution in [1.82, 2.24) is 19.5 Å². The molecule has 12 nitrogen and oxygen atoms in total. The maximum atomic E-state index is 10.7. The fraction of sp³-hybridized carbons (Fsp3) is 0.667. The molecule has 29 heavy (non-hydrogen) atoms. The zero-order valence-electron chi connectivity index (χ0n) is 15.6. The number of phosphoric acid groups is 1. The fourth-order valence-electron chi connectivity index (χ4n) is 2.95. The number of hydrogen-bond acceptors (Lipinski definition) is 12. The minimum atomic E-state index is -5.24. The molecule has 4 atom stereocenters. The Kier molecular flexibility index (Phi) is 7.12. The fourth-order valence-corrected chi connectivity index (χ4v) is 4.12. The van der Waals surface area contributed by atoms with Crippen molar-refractivity contribution in [2.45, 2.75) is 55.9 Å². The predicted octanol–water partition coefficient (Wildman–Crippen LogP) is -0.845. The van der Waals surface area contributed by atoms with Crippen molar-refractivity contribution in [3.63, 3.8) is 0 Å². The molecule has 4 N–H and O–H groups in total. The lowest BCUT2D eigenvalue weighted by Crippen LogP contribution is -2.34. The molecule has 14 heteroatoms. The van der Waals surface area contributed by atoms with E-state index in [2.05, 4.69) is 26.4 Å². The monoisotopic (exact) mass is 447 g/mol. The second-order valence-corrected chi connectivity index (χ2v) is 8.78. The van der Waals surface area contributed by atoms with E-state index in [0.29, 0.717) is 16.3 Å². The number of hydrogen-bond donors (Lipinski definition) is 3. The number of aromatic nitrogens is 4. The van der Waals surface area contributed by atoms with Gasteiger partial charge >= 0.3 is 0 Å². The van der Waals surface area contributed by atoms with Gasteiger partial charge in [0.15, 0.2) is 22.8 Å². The molecule has 162 valence electrons. The number of aliphatic hydroxyl groups is 2. The summed E-state index contributed by atoms with van der Waals surface area (Å²) in [6.45, 7) is 1.39. The largest absolute Gasteiger partial charge is 0.790 e. The summed E-state index contributed by atoms with van der Waals surface area (Å²) in [4.78, 5) is 34.1. The van der Waals surface area contributed by atoms with Crippen LogP contribution in [0.15, 0.2) is 11.5 Å². The lowest BCUT2D eigenvalue weighted by Gasteiger charge is -2.30. The summed E-state index contributed by atoms with van der Waals surface area (Å²) in [7, 11) is -5.24. The van der Waals surface area contributed by atoms with E-state index < -0.39 is 39.0 Å². The molecule has 0 amide bonds. The van der Waals surface area contributed by atoms with Gasteiger partial charge in [0.1, 0.15) is 23.8 Å². The standard InChI is InChI=1S/C15H24N5O7PS/c1-2-3-4-5-29-15-18-12(16)9-13(19-15)20(7-17-9)14-11(22)10(21)8(27-14)6-26-28(23,24)25/h7-8,10-11,14,21-22H,2-6H2,1H3,(H2,16,18,19)(H2,23,24,25)/p-2/t8-,10-,11-,14-/m1/s1. The second-order valence-electron chi connectivity index (χ2n) is 6.56. The van der Waals surface area contributed by atoms with E-state index in [-0.39, 0.29) is 5.82 Å². The van der Waals surface area contributed by atoms with Gasteiger partial charge in [0.2, 0.25) is 0 Å². The summed E-state index contributed by atoms with van der Waals surface area (Å²) in [6, 6.07) is 0. The number of fused-ring (bicyclic) bond motifs is 1. The van der Waals surface area contributed by atoms with Crippen LogP contribution in [0.4, 0.5) is 5.82 Å². The number of phosphoric ester groups is 1. The summed E-state index contributed by atoms with van der Waals surface area (Å²) in [5.74, 6) is 0.983. The second kappa shape index (κ2) is 9.23. The molecule has 0 radical (unpaired) electrons. The average molecular weight is 447 g/mol. The van der Waals surface area contributed by atoms with Crippen LogP contribution in [0.3, 0.4) is 0 Å². The molecule has 3 rings (SSSR count). The number of rotatable bonds is 9. The minimum absolute atomic E-state index is 0.165. The Hall–Kier alpha value is -1.31. The number of nitrogen functional groups attached to an aromatic ring is 1. The van der Waals surface area contributed by atoms with E-state index in [1.54, 1.807) is 0 Å². The molecule has 0 aromatic carbocycles. The quantitative estimate of drug-likeness (QED) is 0.187. The SMILES string of the molecule is CCCCCSc1nc(N)c2ncn([C@@H]3O[C@H](COP(=O)([O-])[O-])[C@@H](O)[C@H]3O)c2n1. The molecular formula is C15H22N5O7PS-2. The number of aliphatic hydroxyl groups excluding tert-OH is 2. The number of anilines is 1. The molecule has 1 saturated heterocycles. The van der Waals surface area contributed by atoms with Gasteiger partial charge in [0.05, 0.1) is 20.8 Å². The smallest absolute Gasteiger partial charge is 0.191 e. The molecule has 0 spiro atoms. The zero-order valence-corrected chi connectivity index (χ0v) is 17.3. The maximum absolute atomic E-state index is 10.7. The molecule has 0 saturated carbocycles. The topological polar surface area (TPSA) is 192 Å². The number of unbranched alkanes of at least 4 members (excludes halogenated alkanes) is 2. The Bertz CT molecular complexity index is 893. The van der Waals surface area contributed by atoms with Crippen molar-refractivity contribution >= 4 is 36.6 Å². The third-order valence-corrected chi connectivity index (χ3v) is 5.81. The molecule has 0 bridgehead atoms. The number of nitrogens with two attached hydrogens (primary N) is 1. The molecule has 0 aliphatic carbocycles. The van der Waals surface area contributed by atoms with Gasteiger partial charge < -0.3 is 39.6 Å². The Morgan fingerprint density at radius 1 is 1.34 bits per heavy atom. The zero-order chi connectivity index (χ0) is 21.2. The molecule has 3 heterocycles. The molecule has 2 aromatic heterocycles. The minimum Gasteiger partial charge on any atom is -0.790 e. The van der Waals surface area contributed by atoms with Crippen molar-refractivity contribution in [2.75, 3.05) is 18.1 Å². The van der Waals surface area contributed by atoms with Crippen LogP contribution in [0.5, 0.6) is 0 Å². The van der Waals surface area contributed by atoms with Gasteiger partial charge in [-0.2, -0.15) is 0 Å². The first kappa shape index (κ1) is 22.4. The first-order valence-corrected chi connectivity index (χ1v) is 11.5. The van der Waals surface area contributed by atoms with Gasteiger partial charge in [0, 0.05) is 5.75 Å². The van der Waals surface area contributed by atoms with Crippen LogP contribution in [-0.2, 0) is 13.8 Å². The highest BCUT2D eigenvalue weighted by Gasteiger charge is 2.44. The van der Waals surface area contributed by atoms with Crippen LogP contribution in [0.25, 0.3) is 11.2 Å². The Balaban J connectivity index is 1.81. The van der Waals surface area contributed by atoms with Gasteiger partial charge in [-0.3, -0.25) is 4.57 Å². The molecule has 0 unspecified atom stereocenters. The number of imidazole rings is 1. The third kappa shape index (κ3) is 5.25. The van der Waals surface area contributed by atoms with Gasteiger partial charge in [-0.25, -0.2) is 15.0 Å². The highest BCUT2D eigenvalue weighted by atomic mass is 32.2. The first-order valence-electron chi connectivity index (χ1n) is 9.02. The normalized spacial score (nSPS) is 25.1. The Morgan fingerprint density at radius 2 is 2.10 bits per heavy atom. The highest BCUT2D eigenvalue weighted by Crippen LogP contribution is 2.35. The van der Waals surface area contributed by atoms with Crippen molar-refractivity contribution in [1.29, 1.82) is 0 Å². The van der Waals surface area contributed by atoms with Crippen LogP contribution < -0.4 is 15.5 Å². The lowest BCUT2D eigenvalue weighted by molar-refractivity contribution is -0.343. The molecule has 1 aliphatic rings. The van der Waals surface area contributed by atoms with Gasteiger partial charge in [-0.05, 0) is 6.42 Å². The van der Waals surface area contributed by atoms with Crippen molar-refractivity contribution in [3.8, 4) is 0 Å². The van der Waals surface area contributed by atoms with Crippen molar-refractivity contribution in [3.05, 3.63) is 6.33 Å². The predicted molar refractivity (Wildman–Crippen MR) is 99.5 cm³/mol. The molecule has 1 aliphatic heterocycles. The highest BCUT2D eigenvalue weighted by molar-refractivity contribution is 7.99. The Morgan fingerprint density at radius 3 is 2.79 bits per heavy atom. The van der Waals surface area contributed by atoms with E-state index in [4.69, 9.17) is 10.5 Å². The first-order chi connectivity index (χ1) is 13.7. The number of ether oxygens (including phenoxy) is 1. The van der Waals surface area contributed by atoms with Crippen LogP contribution in [0, 0.1) is 0 Å². The molecule has 2 aromatic rings. The average Bonchev–Trinajstić information content (AvgIpc) is 3.19. The van der Waals surface area contributed by atoms with Crippen LogP contribution >= 0.6 is 19.6 Å². The van der Waals surface area contributed by atoms with E-state index in [0.717, 1.165) is 25.0 Å². The van der Waals surface area contributed by atoms with Gasteiger partial charge in [-0.1, -0.05) is 31.5 Å². The van der Waals surface area contributed by atoms with Crippen LogP contribution in [0.2, 0.25) is 0 Å². The summed E-state index contributed by atoms with van der Waals surface area (Å²) in [5.41, 5.74) is 6.57. The third-order valence-electron chi connectivity index (χ3n) is 4.42. The van der Waals surface area contributed by atoms with E-state index in [1.165, 1.54) is 22.7 Å². The van der Waals surface area contributed by atoms with Crippen molar-refractivity contribution < 1.29 is 33.8 Å². The van der Waals surface area contributed by atoms with E-state index >= 15 is 0 Å². The number of nitrogens with zero attached hydrogens (tertiary/aromatic N) is 4. The number of thioether (sulfide) groups is 1. The van der Waals surface area contributed by atoms with Crippen LogP contribution in [-0.4, -0.2) is 60.4 Å². The molecular weight excluding hydrogens is 425 g/mol. The van der Waals surface area contributed by atoms with Gasteiger partial charge in [-0.15, -0.1) is 0 Å². The summed E-state index contributed by atoms with van der Waals surface area (Å²) in [5, 5.41) is 20.9. The van der Waals surface area contributed by atoms with E-state index in [1.807, 2.05) is 0 Å².